The van der Waals surface area contributed by atoms with Crippen molar-refractivity contribution < 1.29 is 28.4 Å². The number of carbonyl (C=O) groups is 5. The minimum atomic E-state index is -1.11. The third-order valence-electron chi connectivity index (χ3n) is 11.5. The Bertz CT molecular complexity index is 2370. The SMILES string of the molecule is CC(=O)c1c(C)c2cnc(Nc3ccc(N4CCN(CCCNc5cc6c(cc5F)C(=O)N(C5CCC(=O)NC5=O)C6=O)CC4)cn3)nc2n(C2CCCC2)c1=O. The van der Waals surface area contributed by atoms with Crippen molar-refractivity contribution in [1.82, 2.24) is 34.6 Å². The van der Waals surface area contributed by atoms with E-state index in [1.807, 2.05) is 12.1 Å². The molecular formula is C40H43FN10O6. The molecular weight excluding hydrogens is 736 g/mol. The number of piperazine rings is 1. The lowest BCUT2D eigenvalue weighted by Gasteiger charge is -2.36. The Morgan fingerprint density at radius 2 is 1.68 bits per heavy atom. The smallest absolute Gasteiger partial charge is 0.263 e. The molecule has 4 aromatic rings. The number of hydrogen-bond acceptors (Lipinski definition) is 13. The number of imide groups is 2. The molecule has 0 bridgehead atoms. The predicted octanol–water partition coefficient (Wildman–Crippen LogP) is 3.72. The Morgan fingerprint density at radius 3 is 2.37 bits per heavy atom. The van der Waals surface area contributed by atoms with Crippen molar-refractivity contribution in [2.45, 2.75) is 70.9 Å². The highest BCUT2D eigenvalue weighted by atomic mass is 19.1. The van der Waals surface area contributed by atoms with Crippen LogP contribution in [0.1, 0.15) is 94.5 Å². The van der Waals surface area contributed by atoms with E-state index in [1.54, 1.807) is 23.9 Å². The highest BCUT2D eigenvalue weighted by Gasteiger charge is 2.45. The second-order valence-corrected chi connectivity index (χ2v) is 15.1. The van der Waals surface area contributed by atoms with Crippen LogP contribution in [0.15, 0.2) is 41.5 Å². The van der Waals surface area contributed by atoms with Crippen LogP contribution in [0.2, 0.25) is 0 Å². The second kappa shape index (κ2) is 15.4. The maximum atomic E-state index is 15.0. The number of aryl methyl sites for hydroxylation is 1. The fourth-order valence-electron chi connectivity index (χ4n) is 8.45. The van der Waals surface area contributed by atoms with E-state index in [2.05, 4.69) is 35.7 Å². The lowest BCUT2D eigenvalue weighted by Crippen LogP contribution is -2.54. The summed E-state index contributed by atoms with van der Waals surface area (Å²) in [7, 11) is 0. The number of hydrogen-bond donors (Lipinski definition) is 3. The summed E-state index contributed by atoms with van der Waals surface area (Å²) in [5.74, 6) is -2.67. The Balaban J connectivity index is 0.835. The third kappa shape index (κ3) is 7.22. The molecule has 3 N–H and O–H groups in total. The number of carbonyl (C=O) groups excluding carboxylic acids is 5. The van der Waals surface area contributed by atoms with Crippen molar-refractivity contribution >= 4 is 63.6 Å². The maximum absolute atomic E-state index is 15.0. The monoisotopic (exact) mass is 778 g/mol. The summed E-state index contributed by atoms with van der Waals surface area (Å²) >= 11 is 0. The Hall–Kier alpha value is -6.10. The number of nitrogens with one attached hydrogen (secondary N) is 3. The van der Waals surface area contributed by atoms with E-state index in [0.29, 0.717) is 41.3 Å². The quantitative estimate of drug-likeness (QED) is 0.114. The zero-order valence-electron chi connectivity index (χ0n) is 31.8. The number of amides is 4. The molecule has 8 rings (SSSR count). The maximum Gasteiger partial charge on any atom is 0.263 e. The zero-order chi connectivity index (χ0) is 40.0. The highest BCUT2D eigenvalue weighted by Crippen LogP contribution is 2.33. The zero-order valence-corrected chi connectivity index (χ0v) is 31.8. The van der Waals surface area contributed by atoms with Gasteiger partial charge < -0.3 is 15.5 Å². The van der Waals surface area contributed by atoms with Crippen LogP contribution in [0.4, 0.5) is 27.5 Å². The number of aromatic nitrogens is 4. The number of Topliss-reactive ketones (excluding diaryl/α,β-unsaturated/α-hetero) is 1. The fourth-order valence-corrected chi connectivity index (χ4v) is 8.45. The number of ketones is 1. The first-order valence-corrected chi connectivity index (χ1v) is 19.4. The summed E-state index contributed by atoms with van der Waals surface area (Å²) in [6.07, 6.45) is 7.97. The Morgan fingerprint density at radius 1 is 0.947 bits per heavy atom. The Labute approximate surface area is 326 Å². The lowest BCUT2D eigenvalue weighted by molar-refractivity contribution is -0.136. The number of pyridine rings is 2. The number of fused-ring (bicyclic) bond motifs is 2. The van der Waals surface area contributed by atoms with Crippen LogP contribution in [0.25, 0.3) is 11.0 Å². The van der Waals surface area contributed by atoms with Crippen molar-refractivity contribution in [2.24, 2.45) is 0 Å². The standard InChI is InChI=1S/C40H43FN10O6/c1-22-28-21-44-40(47-35(28)50(24-6-3-4-7-24)39(57)34(22)23(2)52)45-32-10-8-25(20-43-32)49-16-14-48(15-17-49)13-5-12-42-30-19-27-26(18-29(30)41)37(55)51(38(27)56)31-9-11-33(53)46-36(31)54/h8,10,18-21,24,31,42H,3-7,9,11-17H2,1-2H3,(H,46,53,54)(H,43,44,45,47). The molecule has 0 radical (unpaired) electrons. The van der Waals surface area contributed by atoms with Crippen LogP contribution < -0.4 is 26.4 Å². The molecule has 1 aliphatic carbocycles. The Kier molecular flexibility index (Phi) is 10.2. The third-order valence-corrected chi connectivity index (χ3v) is 11.5. The van der Waals surface area contributed by atoms with Gasteiger partial charge in [-0.1, -0.05) is 12.8 Å². The molecule has 6 heterocycles. The lowest BCUT2D eigenvalue weighted by atomic mass is 10.0. The number of rotatable bonds is 11. The van der Waals surface area contributed by atoms with Gasteiger partial charge in [0.2, 0.25) is 17.8 Å². The van der Waals surface area contributed by atoms with Gasteiger partial charge in [0.15, 0.2) is 5.78 Å². The summed E-state index contributed by atoms with van der Waals surface area (Å²) in [4.78, 5) is 95.2. The van der Waals surface area contributed by atoms with Gasteiger partial charge in [0.05, 0.1) is 34.3 Å². The van der Waals surface area contributed by atoms with Gasteiger partial charge in [-0.15, -0.1) is 0 Å². The number of benzene rings is 1. The molecule has 0 spiro atoms. The summed E-state index contributed by atoms with van der Waals surface area (Å²) in [5, 5.41) is 9.06. The van der Waals surface area contributed by atoms with Crippen LogP contribution in [-0.2, 0) is 9.59 Å². The largest absolute Gasteiger partial charge is 0.383 e. The first kappa shape index (κ1) is 37.8. The van der Waals surface area contributed by atoms with Crippen molar-refractivity contribution in [3.05, 3.63) is 75.1 Å². The fraction of sp³-hybridized carbons (Fsp3) is 0.425. The van der Waals surface area contributed by atoms with Crippen LogP contribution in [-0.4, -0.2) is 104 Å². The molecule has 1 unspecified atom stereocenters. The average molecular weight is 779 g/mol. The topological polar surface area (TPSA) is 192 Å². The molecule has 1 aromatic carbocycles. The number of anilines is 4. The summed E-state index contributed by atoms with van der Waals surface area (Å²) in [6, 6.07) is 5.08. The average Bonchev–Trinajstić information content (AvgIpc) is 3.80. The number of halogens is 1. The van der Waals surface area contributed by atoms with E-state index >= 15 is 4.39 Å². The van der Waals surface area contributed by atoms with Gasteiger partial charge in [-0.25, -0.2) is 14.4 Å². The van der Waals surface area contributed by atoms with E-state index in [-0.39, 0.29) is 52.6 Å². The summed E-state index contributed by atoms with van der Waals surface area (Å²) in [5.41, 5.74) is 2.01. The molecule has 3 aromatic heterocycles. The van der Waals surface area contributed by atoms with Crippen LogP contribution in [0.5, 0.6) is 0 Å². The van der Waals surface area contributed by atoms with Gasteiger partial charge in [0.25, 0.3) is 17.4 Å². The molecule has 3 aliphatic heterocycles. The minimum Gasteiger partial charge on any atom is -0.383 e. The minimum absolute atomic E-state index is 0.00551. The van der Waals surface area contributed by atoms with Gasteiger partial charge in [0, 0.05) is 56.8 Å². The van der Waals surface area contributed by atoms with E-state index in [1.165, 1.54) is 13.0 Å². The number of nitrogens with zero attached hydrogens (tertiary/aromatic N) is 7. The molecule has 57 heavy (non-hydrogen) atoms. The van der Waals surface area contributed by atoms with Gasteiger partial charge in [0.1, 0.15) is 23.3 Å². The molecule has 4 amide bonds. The highest BCUT2D eigenvalue weighted by molar-refractivity contribution is 6.23. The first-order chi connectivity index (χ1) is 27.5. The second-order valence-electron chi connectivity index (χ2n) is 15.1. The van der Waals surface area contributed by atoms with Crippen molar-refractivity contribution in [3.8, 4) is 0 Å². The molecule has 17 heteroatoms. The van der Waals surface area contributed by atoms with Crippen LogP contribution in [0, 0.1) is 12.7 Å². The number of piperidine rings is 1. The molecule has 296 valence electrons. The molecule has 3 fully saturated rings. The van der Waals surface area contributed by atoms with E-state index in [9.17, 15) is 28.8 Å². The van der Waals surface area contributed by atoms with Crippen molar-refractivity contribution in [3.63, 3.8) is 0 Å². The molecule has 4 aliphatic rings. The normalized spacial score (nSPS) is 19.0. The summed E-state index contributed by atoms with van der Waals surface area (Å²) in [6.45, 7) is 7.60. The predicted molar refractivity (Wildman–Crippen MR) is 208 cm³/mol. The van der Waals surface area contributed by atoms with Crippen LogP contribution >= 0.6 is 0 Å². The van der Waals surface area contributed by atoms with Crippen molar-refractivity contribution in [2.75, 3.05) is 54.8 Å². The van der Waals surface area contributed by atoms with Crippen LogP contribution in [0.3, 0.4) is 0 Å². The van der Waals surface area contributed by atoms with Gasteiger partial charge in [-0.2, -0.15) is 4.98 Å². The van der Waals surface area contributed by atoms with Gasteiger partial charge >= 0.3 is 0 Å². The molecule has 1 atom stereocenters. The van der Waals surface area contributed by atoms with E-state index < -0.39 is 35.5 Å². The van der Waals surface area contributed by atoms with E-state index in [0.717, 1.165) is 75.1 Å². The molecule has 2 saturated heterocycles. The molecule has 16 nitrogen and oxygen atoms in total. The van der Waals surface area contributed by atoms with Gasteiger partial charge in [-0.3, -0.25) is 48.5 Å². The first-order valence-electron chi connectivity index (χ1n) is 19.4. The molecule has 1 saturated carbocycles. The van der Waals surface area contributed by atoms with Gasteiger partial charge in [-0.05, 0) is 75.9 Å². The van der Waals surface area contributed by atoms with E-state index in [4.69, 9.17) is 4.98 Å². The van der Waals surface area contributed by atoms with Crippen molar-refractivity contribution in [1.29, 1.82) is 0 Å². The summed E-state index contributed by atoms with van der Waals surface area (Å²) < 4.78 is 16.7.